The third-order valence-corrected chi connectivity index (χ3v) is 3.61. The van der Waals surface area contributed by atoms with Crippen LogP contribution in [-0.2, 0) is 4.74 Å². The molecule has 1 atom stereocenters. The predicted molar refractivity (Wildman–Crippen MR) is 72.7 cm³/mol. The Morgan fingerprint density at radius 2 is 1.83 bits per heavy atom. The summed E-state index contributed by atoms with van der Waals surface area (Å²) in [7, 11) is 1.67. The molecule has 100 valence electrons. The number of nitrogens with two attached hydrogens (primary N) is 1. The average Bonchev–Trinajstić information content (AvgIpc) is 2.46. The molecule has 0 saturated heterocycles. The molecule has 18 heavy (non-hydrogen) atoms. The molecule has 1 fully saturated rings. The van der Waals surface area contributed by atoms with Crippen molar-refractivity contribution >= 4 is 0 Å². The summed E-state index contributed by atoms with van der Waals surface area (Å²) in [6, 6.07) is 7.85. The van der Waals surface area contributed by atoms with Crippen LogP contribution in [0.5, 0.6) is 5.75 Å². The maximum Gasteiger partial charge on any atom is 0.118 e. The van der Waals surface area contributed by atoms with E-state index in [2.05, 4.69) is 0 Å². The van der Waals surface area contributed by atoms with Gasteiger partial charge in [-0.05, 0) is 30.5 Å². The Morgan fingerprint density at radius 1 is 1.17 bits per heavy atom. The fourth-order valence-corrected chi connectivity index (χ4v) is 2.42. The lowest BCUT2D eigenvalue weighted by atomic mass is 9.98. The highest BCUT2D eigenvalue weighted by molar-refractivity contribution is 5.28. The van der Waals surface area contributed by atoms with Crippen LogP contribution in [0.25, 0.3) is 0 Å². The summed E-state index contributed by atoms with van der Waals surface area (Å²) < 4.78 is 11.0. The van der Waals surface area contributed by atoms with Gasteiger partial charge in [0.1, 0.15) is 5.75 Å². The van der Waals surface area contributed by atoms with Crippen LogP contribution in [0.4, 0.5) is 0 Å². The van der Waals surface area contributed by atoms with Gasteiger partial charge in [-0.3, -0.25) is 0 Å². The molecule has 3 nitrogen and oxygen atoms in total. The Labute approximate surface area is 109 Å². The molecule has 0 spiro atoms. The quantitative estimate of drug-likeness (QED) is 0.872. The molecule has 2 N–H and O–H groups in total. The maximum atomic E-state index is 6.14. The van der Waals surface area contributed by atoms with Gasteiger partial charge in [-0.1, -0.05) is 31.4 Å². The van der Waals surface area contributed by atoms with Crippen LogP contribution in [0.2, 0.25) is 0 Å². The number of ether oxygens (including phenoxy) is 2. The van der Waals surface area contributed by atoms with E-state index in [1.807, 2.05) is 24.3 Å². The zero-order valence-electron chi connectivity index (χ0n) is 11.1. The van der Waals surface area contributed by atoms with Crippen molar-refractivity contribution in [3.63, 3.8) is 0 Å². The molecular formula is C15H23NO2. The molecule has 0 aliphatic heterocycles. The zero-order valence-corrected chi connectivity index (χ0v) is 11.1. The summed E-state index contributed by atoms with van der Waals surface area (Å²) in [6.07, 6.45) is 6.74. The van der Waals surface area contributed by atoms with Crippen LogP contribution in [0.15, 0.2) is 24.3 Å². The van der Waals surface area contributed by atoms with Gasteiger partial charge in [0.05, 0.1) is 25.9 Å². The third-order valence-electron chi connectivity index (χ3n) is 3.61. The van der Waals surface area contributed by atoms with E-state index in [9.17, 15) is 0 Å². The third kappa shape index (κ3) is 3.72. The zero-order chi connectivity index (χ0) is 12.8. The van der Waals surface area contributed by atoms with E-state index >= 15 is 0 Å². The number of hydrogen-bond donors (Lipinski definition) is 1. The minimum atomic E-state index is -0.0437. The summed E-state index contributed by atoms with van der Waals surface area (Å²) in [4.78, 5) is 0. The van der Waals surface area contributed by atoms with Crippen molar-refractivity contribution < 1.29 is 9.47 Å². The normalized spacial score (nSPS) is 18.6. The Balaban J connectivity index is 1.80. The lowest BCUT2D eigenvalue weighted by Gasteiger charge is -2.24. The van der Waals surface area contributed by atoms with Crippen LogP contribution in [0.1, 0.15) is 43.7 Å². The van der Waals surface area contributed by atoms with Crippen molar-refractivity contribution in [3.05, 3.63) is 29.8 Å². The Morgan fingerprint density at radius 3 is 2.44 bits per heavy atom. The average molecular weight is 249 g/mol. The number of benzene rings is 1. The molecule has 1 aliphatic rings. The van der Waals surface area contributed by atoms with Gasteiger partial charge in [0.25, 0.3) is 0 Å². The van der Waals surface area contributed by atoms with Gasteiger partial charge in [0.2, 0.25) is 0 Å². The summed E-state index contributed by atoms with van der Waals surface area (Å²) in [5, 5.41) is 0. The largest absolute Gasteiger partial charge is 0.497 e. The van der Waals surface area contributed by atoms with Crippen LogP contribution in [0.3, 0.4) is 0 Å². The number of methoxy groups -OCH3 is 1. The van der Waals surface area contributed by atoms with Crippen LogP contribution in [0, 0.1) is 0 Å². The molecular weight excluding hydrogens is 226 g/mol. The number of rotatable bonds is 5. The lowest BCUT2D eigenvalue weighted by molar-refractivity contribution is 0.0206. The molecule has 0 amide bonds. The molecule has 3 heteroatoms. The maximum absolute atomic E-state index is 6.14. The van der Waals surface area contributed by atoms with Gasteiger partial charge >= 0.3 is 0 Å². The second-order valence-electron chi connectivity index (χ2n) is 4.97. The first-order valence-corrected chi connectivity index (χ1v) is 6.80. The van der Waals surface area contributed by atoms with Gasteiger partial charge in [-0.2, -0.15) is 0 Å². The smallest absolute Gasteiger partial charge is 0.118 e. The highest BCUT2D eigenvalue weighted by Crippen LogP contribution is 2.22. The molecule has 1 saturated carbocycles. The predicted octanol–water partition coefficient (Wildman–Crippen LogP) is 3.04. The van der Waals surface area contributed by atoms with E-state index in [0.717, 1.165) is 11.3 Å². The van der Waals surface area contributed by atoms with E-state index in [4.69, 9.17) is 15.2 Å². The van der Waals surface area contributed by atoms with E-state index in [1.54, 1.807) is 7.11 Å². The van der Waals surface area contributed by atoms with Gasteiger partial charge in [-0.25, -0.2) is 0 Å². The molecule has 0 bridgehead atoms. The van der Waals surface area contributed by atoms with Crippen LogP contribution >= 0.6 is 0 Å². The molecule has 2 rings (SSSR count). The van der Waals surface area contributed by atoms with Crippen molar-refractivity contribution in [2.75, 3.05) is 13.7 Å². The van der Waals surface area contributed by atoms with Crippen molar-refractivity contribution in [1.82, 2.24) is 0 Å². The minimum absolute atomic E-state index is 0.0437. The molecule has 0 heterocycles. The van der Waals surface area contributed by atoms with Gasteiger partial charge in [0.15, 0.2) is 0 Å². The fraction of sp³-hybridized carbons (Fsp3) is 0.600. The van der Waals surface area contributed by atoms with Crippen LogP contribution < -0.4 is 10.5 Å². The first kappa shape index (κ1) is 13.4. The summed E-state index contributed by atoms with van der Waals surface area (Å²) >= 11 is 0. The Hall–Kier alpha value is -1.06. The highest BCUT2D eigenvalue weighted by atomic mass is 16.5. The molecule has 0 radical (unpaired) electrons. The van der Waals surface area contributed by atoms with Gasteiger partial charge in [0, 0.05) is 0 Å². The Kier molecular flexibility index (Phi) is 5.02. The molecule has 1 aliphatic carbocycles. The molecule has 1 aromatic carbocycles. The molecule has 1 aromatic rings. The topological polar surface area (TPSA) is 44.5 Å². The summed E-state index contributed by atoms with van der Waals surface area (Å²) in [6.45, 7) is 0.608. The summed E-state index contributed by atoms with van der Waals surface area (Å²) in [5.74, 6) is 0.860. The second-order valence-corrected chi connectivity index (χ2v) is 4.97. The fourth-order valence-electron chi connectivity index (χ4n) is 2.42. The first-order valence-electron chi connectivity index (χ1n) is 6.80. The monoisotopic (exact) mass is 249 g/mol. The number of hydrogen-bond acceptors (Lipinski definition) is 3. The van der Waals surface area contributed by atoms with Crippen LogP contribution in [-0.4, -0.2) is 19.8 Å². The second kappa shape index (κ2) is 6.76. The van der Waals surface area contributed by atoms with E-state index in [-0.39, 0.29) is 6.04 Å². The van der Waals surface area contributed by atoms with E-state index in [1.165, 1.54) is 32.1 Å². The van der Waals surface area contributed by atoms with E-state index < -0.39 is 0 Å². The van der Waals surface area contributed by atoms with Gasteiger partial charge in [-0.15, -0.1) is 0 Å². The molecule has 1 unspecified atom stereocenters. The van der Waals surface area contributed by atoms with Gasteiger partial charge < -0.3 is 15.2 Å². The SMILES string of the molecule is COc1ccc(C(N)COC2CCCCC2)cc1. The minimum Gasteiger partial charge on any atom is -0.497 e. The van der Waals surface area contributed by atoms with Crippen molar-refractivity contribution in [1.29, 1.82) is 0 Å². The summed E-state index contributed by atoms with van der Waals surface area (Å²) in [5.41, 5.74) is 7.24. The van der Waals surface area contributed by atoms with E-state index in [0.29, 0.717) is 12.7 Å². The van der Waals surface area contributed by atoms with Crippen molar-refractivity contribution in [2.24, 2.45) is 5.73 Å². The first-order chi connectivity index (χ1) is 8.79. The Bertz CT molecular complexity index is 344. The van der Waals surface area contributed by atoms with Crippen molar-refractivity contribution in [3.8, 4) is 5.75 Å². The highest BCUT2D eigenvalue weighted by Gasteiger charge is 2.15. The van der Waals surface area contributed by atoms with Crippen molar-refractivity contribution in [2.45, 2.75) is 44.2 Å². The lowest BCUT2D eigenvalue weighted by Crippen LogP contribution is -2.23. The standard InChI is InChI=1S/C15H23NO2/c1-17-13-9-7-12(8-10-13)15(16)11-18-14-5-3-2-4-6-14/h7-10,14-15H,2-6,11,16H2,1H3. The molecule has 0 aromatic heterocycles.